The second-order valence-corrected chi connectivity index (χ2v) is 7.40. The second-order valence-electron chi connectivity index (χ2n) is 7.40. The number of nitrogens with two attached hydrogens (primary N) is 1. The van der Waals surface area contributed by atoms with Crippen LogP contribution in [-0.4, -0.2) is 47.7 Å². The first-order valence-corrected chi connectivity index (χ1v) is 9.52. The number of ether oxygens (including phenoxy) is 1. The standard InChI is InChI=1S/C21H26N4O2/c1-3-15-9-14(2)19-17(10-15)18-12-24-13-21(18,22)25(20(19)26)7-8-27-16-5-4-6-23-11-16/h4-6,9-11,18,24H,3,7-8,12-13,22H2,1-2H3. The minimum atomic E-state index is -0.721. The lowest BCUT2D eigenvalue weighted by molar-refractivity contribution is 0.0383. The topological polar surface area (TPSA) is 80.5 Å². The van der Waals surface area contributed by atoms with Gasteiger partial charge in [-0.2, -0.15) is 0 Å². The summed E-state index contributed by atoms with van der Waals surface area (Å²) in [7, 11) is 0. The van der Waals surface area contributed by atoms with Gasteiger partial charge in [-0.05, 0) is 42.2 Å². The van der Waals surface area contributed by atoms with Crippen LogP contribution in [0.1, 0.15) is 39.9 Å². The summed E-state index contributed by atoms with van der Waals surface area (Å²) in [5.74, 6) is 0.787. The van der Waals surface area contributed by atoms with Crippen LogP contribution in [-0.2, 0) is 6.42 Å². The van der Waals surface area contributed by atoms with Crippen molar-refractivity contribution < 1.29 is 9.53 Å². The number of carbonyl (C=O) groups is 1. The quantitative estimate of drug-likeness (QED) is 0.844. The van der Waals surface area contributed by atoms with Crippen molar-refractivity contribution in [3.8, 4) is 5.75 Å². The van der Waals surface area contributed by atoms with E-state index in [0.29, 0.717) is 25.4 Å². The van der Waals surface area contributed by atoms with E-state index < -0.39 is 5.66 Å². The summed E-state index contributed by atoms with van der Waals surface area (Å²) in [6.07, 6.45) is 4.32. The Bertz CT molecular complexity index is 855. The Morgan fingerprint density at radius 2 is 2.30 bits per heavy atom. The van der Waals surface area contributed by atoms with Crippen molar-refractivity contribution in [3.63, 3.8) is 0 Å². The molecule has 2 atom stereocenters. The molecule has 0 radical (unpaired) electrons. The molecule has 2 aliphatic rings. The molecule has 27 heavy (non-hydrogen) atoms. The van der Waals surface area contributed by atoms with Gasteiger partial charge in [-0.3, -0.25) is 9.78 Å². The van der Waals surface area contributed by atoms with Crippen LogP contribution < -0.4 is 15.8 Å². The van der Waals surface area contributed by atoms with Crippen LogP contribution in [0.5, 0.6) is 5.75 Å². The van der Waals surface area contributed by atoms with Crippen molar-refractivity contribution in [2.24, 2.45) is 5.73 Å². The third kappa shape index (κ3) is 2.99. The maximum Gasteiger partial charge on any atom is 0.256 e. The van der Waals surface area contributed by atoms with Crippen LogP contribution in [0.2, 0.25) is 0 Å². The van der Waals surface area contributed by atoms with Gasteiger partial charge >= 0.3 is 0 Å². The van der Waals surface area contributed by atoms with Crippen LogP contribution in [0.4, 0.5) is 0 Å². The molecule has 1 saturated heterocycles. The highest BCUT2D eigenvalue weighted by molar-refractivity contribution is 5.99. The summed E-state index contributed by atoms with van der Waals surface area (Å²) >= 11 is 0. The molecule has 6 heteroatoms. The largest absolute Gasteiger partial charge is 0.490 e. The molecule has 6 nitrogen and oxygen atoms in total. The van der Waals surface area contributed by atoms with E-state index in [-0.39, 0.29) is 11.8 Å². The van der Waals surface area contributed by atoms with Gasteiger partial charge in [0.1, 0.15) is 18.0 Å². The fourth-order valence-electron chi connectivity index (χ4n) is 4.36. The van der Waals surface area contributed by atoms with Crippen LogP contribution in [0.25, 0.3) is 0 Å². The highest BCUT2D eigenvalue weighted by atomic mass is 16.5. The third-order valence-electron chi connectivity index (χ3n) is 5.75. The van der Waals surface area contributed by atoms with E-state index >= 15 is 0 Å². The lowest BCUT2D eigenvalue weighted by Gasteiger charge is -2.46. The van der Waals surface area contributed by atoms with Gasteiger partial charge in [-0.15, -0.1) is 0 Å². The smallest absolute Gasteiger partial charge is 0.256 e. The molecular weight excluding hydrogens is 340 g/mol. The first-order valence-electron chi connectivity index (χ1n) is 9.52. The van der Waals surface area contributed by atoms with Gasteiger partial charge in [0.2, 0.25) is 0 Å². The second kappa shape index (κ2) is 6.94. The van der Waals surface area contributed by atoms with Crippen LogP contribution in [0, 0.1) is 6.92 Å². The molecule has 1 aromatic heterocycles. The first kappa shape index (κ1) is 17.9. The monoisotopic (exact) mass is 366 g/mol. The molecule has 1 amide bonds. The summed E-state index contributed by atoms with van der Waals surface area (Å²) in [5, 5.41) is 3.39. The number of aromatic nitrogens is 1. The lowest BCUT2D eigenvalue weighted by Crippen LogP contribution is -2.65. The third-order valence-corrected chi connectivity index (χ3v) is 5.75. The number of nitrogens with one attached hydrogen (secondary N) is 1. The number of fused-ring (bicyclic) bond motifs is 3. The Balaban J connectivity index is 1.64. The fourth-order valence-corrected chi connectivity index (χ4v) is 4.36. The van der Waals surface area contributed by atoms with Crippen molar-refractivity contribution in [3.05, 3.63) is 58.9 Å². The summed E-state index contributed by atoms with van der Waals surface area (Å²) in [6, 6.07) is 7.97. The lowest BCUT2D eigenvalue weighted by atomic mass is 9.78. The fraction of sp³-hybridized carbons (Fsp3) is 0.429. The Morgan fingerprint density at radius 3 is 3.04 bits per heavy atom. The Morgan fingerprint density at radius 1 is 1.44 bits per heavy atom. The molecule has 0 bridgehead atoms. The number of rotatable bonds is 5. The zero-order valence-corrected chi connectivity index (χ0v) is 15.9. The van der Waals surface area contributed by atoms with E-state index in [4.69, 9.17) is 10.5 Å². The van der Waals surface area contributed by atoms with Gasteiger partial charge in [0.25, 0.3) is 5.91 Å². The van der Waals surface area contributed by atoms with Crippen LogP contribution in [0.3, 0.4) is 0 Å². The van der Waals surface area contributed by atoms with Crippen molar-refractivity contribution in [1.29, 1.82) is 0 Å². The Kier molecular flexibility index (Phi) is 4.61. The van der Waals surface area contributed by atoms with E-state index in [1.807, 2.05) is 19.1 Å². The average Bonchev–Trinajstić information content (AvgIpc) is 3.07. The predicted molar refractivity (Wildman–Crippen MR) is 104 cm³/mol. The van der Waals surface area contributed by atoms with E-state index in [1.165, 1.54) is 5.56 Å². The van der Waals surface area contributed by atoms with E-state index in [2.05, 4.69) is 29.4 Å². The molecule has 2 aliphatic heterocycles. The number of hydrogen-bond donors (Lipinski definition) is 2. The normalized spacial score (nSPS) is 23.9. The first-order chi connectivity index (χ1) is 13.0. The number of hydrogen-bond acceptors (Lipinski definition) is 5. The molecule has 0 saturated carbocycles. The van der Waals surface area contributed by atoms with Crippen molar-refractivity contribution in [2.75, 3.05) is 26.2 Å². The molecule has 3 N–H and O–H groups in total. The summed E-state index contributed by atoms with van der Waals surface area (Å²) in [6.45, 7) is 6.35. The van der Waals surface area contributed by atoms with Gasteiger partial charge in [-0.25, -0.2) is 0 Å². The summed E-state index contributed by atoms with van der Waals surface area (Å²) in [5.41, 5.74) is 10.3. The Labute approximate surface area is 159 Å². The molecule has 0 spiro atoms. The minimum Gasteiger partial charge on any atom is -0.490 e. The highest BCUT2D eigenvalue weighted by Gasteiger charge is 2.52. The van der Waals surface area contributed by atoms with E-state index in [0.717, 1.165) is 29.7 Å². The zero-order valence-electron chi connectivity index (χ0n) is 15.9. The molecule has 0 aliphatic carbocycles. The maximum atomic E-state index is 13.4. The predicted octanol–water partition coefficient (Wildman–Crippen LogP) is 1.83. The molecule has 142 valence electrons. The van der Waals surface area contributed by atoms with Gasteiger partial charge < -0.3 is 20.7 Å². The maximum absolute atomic E-state index is 13.4. The van der Waals surface area contributed by atoms with Gasteiger partial charge in [-0.1, -0.05) is 19.1 Å². The summed E-state index contributed by atoms with van der Waals surface area (Å²) < 4.78 is 5.77. The molecular formula is C21H26N4O2. The Hall–Kier alpha value is -2.44. The zero-order chi connectivity index (χ0) is 19.0. The molecule has 2 unspecified atom stereocenters. The van der Waals surface area contributed by atoms with Gasteiger partial charge in [0.05, 0.1) is 12.7 Å². The van der Waals surface area contributed by atoms with E-state index in [9.17, 15) is 4.79 Å². The number of nitrogens with zero attached hydrogens (tertiary/aromatic N) is 2. The molecule has 3 heterocycles. The van der Waals surface area contributed by atoms with E-state index in [1.54, 1.807) is 17.3 Å². The minimum absolute atomic E-state index is 0.00221. The highest BCUT2D eigenvalue weighted by Crippen LogP contribution is 2.41. The van der Waals surface area contributed by atoms with Gasteiger partial charge in [0.15, 0.2) is 0 Å². The SMILES string of the molecule is CCc1cc(C)c2c(c1)C1CNCC1(N)N(CCOc1cccnc1)C2=O. The summed E-state index contributed by atoms with van der Waals surface area (Å²) in [4.78, 5) is 19.2. The molecule has 1 fully saturated rings. The number of pyridine rings is 1. The van der Waals surface area contributed by atoms with Crippen molar-refractivity contribution in [2.45, 2.75) is 31.8 Å². The van der Waals surface area contributed by atoms with Gasteiger partial charge in [0, 0.05) is 30.8 Å². The number of benzene rings is 1. The number of carbonyl (C=O) groups excluding carboxylic acids is 1. The van der Waals surface area contributed by atoms with Crippen molar-refractivity contribution in [1.82, 2.24) is 15.2 Å². The van der Waals surface area contributed by atoms with Crippen LogP contribution in [0.15, 0.2) is 36.7 Å². The molecule has 2 aromatic rings. The van der Waals surface area contributed by atoms with Crippen molar-refractivity contribution >= 4 is 5.91 Å². The number of amides is 1. The van der Waals surface area contributed by atoms with Crippen LogP contribution >= 0.6 is 0 Å². The molecule has 1 aromatic carbocycles. The number of aryl methyl sites for hydroxylation is 2. The average molecular weight is 366 g/mol. The molecule has 4 rings (SSSR count).